The molecule has 1 aromatic heterocycles. The number of hydrogen-bond acceptors (Lipinski definition) is 2. The van der Waals surface area contributed by atoms with Crippen molar-refractivity contribution in [1.82, 2.24) is 4.98 Å². The van der Waals surface area contributed by atoms with Crippen LogP contribution in [0.1, 0.15) is 15.9 Å². The van der Waals surface area contributed by atoms with Crippen LogP contribution in [-0.2, 0) is 0 Å². The zero-order valence-electron chi connectivity index (χ0n) is 12.7. The number of aromatic nitrogens is 1. The van der Waals surface area contributed by atoms with Gasteiger partial charge in [-0.05, 0) is 18.6 Å². The number of para-hydroxylation sites is 1. The molecule has 0 aliphatic carbocycles. The van der Waals surface area contributed by atoms with Gasteiger partial charge in [-0.15, -0.1) is 0 Å². The summed E-state index contributed by atoms with van der Waals surface area (Å²) in [7, 11) is 0. The largest absolute Gasteiger partial charge is 0.370 e. The second-order valence-corrected chi connectivity index (χ2v) is 5.19. The molecule has 23 heavy (non-hydrogen) atoms. The van der Waals surface area contributed by atoms with Crippen LogP contribution in [-0.4, -0.2) is 16.9 Å². The molecule has 0 saturated heterocycles. The van der Waals surface area contributed by atoms with E-state index in [1.807, 2.05) is 61.5 Å². The number of carbonyl (C=O) groups is 1. The zero-order chi connectivity index (χ0) is 16.4. The third kappa shape index (κ3) is 2.76. The van der Waals surface area contributed by atoms with Gasteiger partial charge >= 0.3 is 0 Å². The van der Waals surface area contributed by atoms with Crippen LogP contribution in [0, 0.1) is 6.92 Å². The SMILES string of the molecule is Cc1c(-c2ccccc2)nc2ccccc2c1C(=O)N=C(N)N. The summed E-state index contributed by atoms with van der Waals surface area (Å²) < 4.78 is 0. The molecule has 1 amide bonds. The molecule has 0 radical (unpaired) electrons. The number of amides is 1. The molecule has 4 N–H and O–H groups in total. The van der Waals surface area contributed by atoms with Gasteiger partial charge in [-0.25, -0.2) is 4.98 Å². The van der Waals surface area contributed by atoms with Crippen molar-refractivity contribution >= 4 is 22.8 Å². The van der Waals surface area contributed by atoms with Crippen molar-refractivity contribution in [1.29, 1.82) is 0 Å². The first kappa shape index (κ1) is 14.7. The van der Waals surface area contributed by atoms with Gasteiger partial charge in [0.1, 0.15) is 0 Å². The number of hydrogen-bond donors (Lipinski definition) is 2. The Balaban J connectivity index is 2.35. The molecular formula is C18H16N4O. The molecule has 5 nitrogen and oxygen atoms in total. The zero-order valence-corrected chi connectivity index (χ0v) is 12.7. The normalized spacial score (nSPS) is 10.5. The van der Waals surface area contributed by atoms with E-state index in [1.54, 1.807) is 0 Å². The van der Waals surface area contributed by atoms with Gasteiger partial charge in [0.2, 0.25) is 0 Å². The smallest absolute Gasteiger partial charge is 0.281 e. The molecule has 0 atom stereocenters. The molecule has 0 unspecified atom stereocenters. The van der Waals surface area contributed by atoms with Gasteiger partial charge < -0.3 is 11.5 Å². The molecule has 3 aromatic rings. The maximum Gasteiger partial charge on any atom is 0.281 e. The lowest BCUT2D eigenvalue weighted by Gasteiger charge is -2.12. The van der Waals surface area contributed by atoms with Gasteiger partial charge in [-0.1, -0.05) is 48.5 Å². The first-order valence-electron chi connectivity index (χ1n) is 7.16. The first-order chi connectivity index (χ1) is 11.1. The van der Waals surface area contributed by atoms with E-state index in [1.165, 1.54) is 0 Å². The number of carbonyl (C=O) groups excluding carboxylic acids is 1. The molecule has 0 bridgehead atoms. The van der Waals surface area contributed by atoms with E-state index in [2.05, 4.69) is 4.99 Å². The number of guanidine groups is 1. The van der Waals surface area contributed by atoms with Crippen molar-refractivity contribution in [3.63, 3.8) is 0 Å². The van der Waals surface area contributed by atoms with Crippen molar-refractivity contribution in [3.8, 4) is 11.3 Å². The Hall–Kier alpha value is -3.21. The molecule has 0 spiro atoms. The third-order valence-corrected chi connectivity index (χ3v) is 3.63. The van der Waals surface area contributed by atoms with E-state index in [-0.39, 0.29) is 5.96 Å². The van der Waals surface area contributed by atoms with Gasteiger partial charge in [0, 0.05) is 10.9 Å². The number of pyridine rings is 1. The maximum atomic E-state index is 12.5. The Morgan fingerprint density at radius 3 is 2.35 bits per heavy atom. The molecule has 0 aliphatic heterocycles. The minimum atomic E-state index is -0.460. The van der Waals surface area contributed by atoms with E-state index >= 15 is 0 Å². The highest BCUT2D eigenvalue weighted by Crippen LogP contribution is 2.29. The molecule has 2 aromatic carbocycles. The van der Waals surface area contributed by atoms with Crippen LogP contribution in [0.4, 0.5) is 0 Å². The summed E-state index contributed by atoms with van der Waals surface area (Å²) in [4.78, 5) is 20.9. The Labute approximate surface area is 133 Å². The number of nitrogens with two attached hydrogens (primary N) is 2. The fourth-order valence-electron chi connectivity index (χ4n) is 2.63. The molecule has 114 valence electrons. The van der Waals surface area contributed by atoms with Crippen LogP contribution in [0.5, 0.6) is 0 Å². The van der Waals surface area contributed by atoms with E-state index in [4.69, 9.17) is 16.5 Å². The highest BCUT2D eigenvalue weighted by atomic mass is 16.1. The van der Waals surface area contributed by atoms with E-state index in [0.29, 0.717) is 5.56 Å². The van der Waals surface area contributed by atoms with Crippen molar-refractivity contribution < 1.29 is 4.79 Å². The van der Waals surface area contributed by atoms with Crippen LogP contribution < -0.4 is 11.5 Å². The Morgan fingerprint density at radius 2 is 1.65 bits per heavy atom. The molecule has 1 heterocycles. The van der Waals surface area contributed by atoms with E-state index in [0.717, 1.165) is 27.7 Å². The molecule has 0 aliphatic rings. The number of nitrogens with zero attached hydrogens (tertiary/aromatic N) is 2. The summed E-state index contributed by atoms with van der Waals surface area (Å²) in [5.41, 5.74) is 14.4. The van der Waals surface area contributed by atoms with Crippen LogP contribution in [0.15, 0.2) is 59.6 Å². The second-order valence-electron chi connectivity index (χ2n) is 5.19. The number of rotatable bonds is 2. The predicted octanol–water partition coefficient (Wildman–Crippen LogP) is 2.62. The molecule has 0 saturated carbocycles. The van der Waals surface area contributed by atoms with Crippen LogP contribution in [0.25, 0.3) is 22.2 Å². The third-order valence-electron chi connectivity index (χ3n) is 3.63. The second kappa shape index (κ2) is 5.88. The summed E-state index contributed by atoms with van der Waals surface area (Å²) in [6.07, 6.45) is 0. The van der Waals surface area contributed by atoms with Gasteiger partial charge in [0.25, 0.3) is 5.91 Å². The van der Waals surface area contributed by atoms with Gasteiger partial charge in [-0.2, -0.15) is 4.99 Å². The summed E-state index contributed by atoms with van der Waals surface area (Å²) in [6, 6.07) is 17.2. The lowest BCUT2D eigenvalue weighted by atomic mass is 9.97. The van der Waals surface area contributed by atoms with Crippen LogP contribution >= 0.6 is 0 Å². The van der Waals surface area contributed by atoms with Crippen molar-refractivity contribution in [3.05, 3.63) is 65.7 Å². The highest BCUT2D eigenvalue weighted by molar-refractivity contribution is 6.12. The fraction of sp³-hybridized carbons (Fsp3) is 0.0556. The van der Waals surface area contributed by atoms with Gasteiger partial charge in [-0.3, -0.25) is 4.79 Å². The van der Waals surface area contributed by atoms with Crippen molar-refractivity contribution in [2.75, 3.05) is 0 Å². The minimum absolute atomic E-state index is 0.253. The van der Waals surface area contributed by atoms with E-state index < -0.39 is 5.91 Å². The van der Waals surface area contributed by atoms with E-state index in [9.17, 15) is 4.79 Å². The molecule has 5 heteroatoms. The van der Waals surface area contributed by atoms with Gasteiger partial charge in [0.15, 0.2) is 5.96 Å². The number of benzene rings is 2. The standard InChI is InChI=1S/C18H16N4O/c1-11-15(17(23)22-18(19)20)13-9-5-6-10-14(13)21-16(11)12-7-3-2-4-8-12/h2-10H,1H3,(H4,19,20,22,23). The fourth-order valence-corrected chi connectivity index (χ4v) is 2.63. The summed E-state index contributed by atoms with van der Waals surface area (Å²) >= 11 is 0. The molecule has 0 fully saturated rings. The maximum absolute atomic E-state index is 12.5. The lowest BCUT2D eigenvalue weighted by molar-refractivity contribution is 0.100. The lowest BCUT2D eigenvalue weighted by Crippen LogP contribution is -2.24. The Kier molecular flexibility index (Phi) is 3.76. The summed E-state index contributed by atoms with van der Waals surface area (Å²) in [6.45, 7) is 1.86. The van der Waals surface area contributed by atoms with Crippen molar-refractivity contribution in [2.24, 2.45) is 16.5 Å². The summed E-state index contributed by atoms with van der Waals surface area (Å²) in [5, 5.41) is 0.736. The monoisotopic (exact) mass is 304 g/mol. The first-order valence-corrected chi connectivity index (χ1v) is 7.16. The summed E-state index contributed by atoms with van der Waals surface area (Å²) in [5.74, 6) is -0.713. The Morgan fingerprint density at radius 1 is 1.00 bits per heavy atom. The molecular weight excluding hydrogens is 288 g/mol. The minimum Gasteiger partial charge on any atom is -0.370 e. The van der Waals surface area contributed by atoms with Crippen molar-refractivity contribution in [2.45, 2.75) is 6.92 Å². The van der Waals surface area contributed by atoms with Crippen LogP contribution in [0.2, 0.25) is 0 Å². The number of aliphatic imine (C=N–C) groups is 1. The number of fused-ring (bicyclic) bond motifs is 1. The Bertz CT molecular complexity index is 913. The average Bonchev–Trinajstić information content (AvgIpc) is 2.54. The predicted molar refractivity (Wildman–Crippen MR) is 92.1 cm³/mol. The highest BCUT2D eigenvalue weighted by Gasteiger charge is 2.18. The van der Waals surface area contributed by atoms with Crippen LogP contribution in [0.3, 0.4) is 0 Å². The van der Waals surface area contributed by atoms with Gasteiger partial charge in [0.05, 0.1) is 16.8 Å². The quantitative estimate of drug-likeness (QED) is 0.562. The average molecular weight is 304 g/mol. The molecule has 3 rings (SSSR count). The topological polar surface area (TPSA) is 94.4 Å².